The van der Waals surface area contributed by atoms with Gasteiger partial charge in [-0.2, -0.15) is 0 Å². The van der Waals surface area contributed by atoms with E-state index in [9.17, 15) is 0 Å². The summed E-state index contributed by atoms with van der Waals surface area (Å²) in [5.41, 5.74) is 4.91. The van der Waals surface area contributed by atoms with Gasteiger partial charge in [0.15, 0.2) is 0 Å². The van der Waals surface area contributed by atoms with Crippen LogP contribution in [-0.2, 0) is 6.42 Å². The first-order valence-corrected chi connectivity index (χ1v) is 6.88. The number of benzene rings is 1. The maximum absolute atomic E-state index is 5.41. The fourth-order valence-corrected chi connectivity index (χ4v) is 2.34. The highest BCUT2D eigenvalue weighted by molar-refractivity contribution is 5.34. The zero-order valence-corrected chi connectivity index (χ0v) is 12.6. The van der Waals surface area contributed by atoms with Crippen LogP contribution in [0.25, 0.3) is 0 Å². The lowest BCUT2D eigenvalue weighted by molar-refractivity contribution is 0.396. The van der Waals surface area contributed by atoms with E-state index >= 15 is 0 Å². The minimum absolute atomic E-state index is 0.147. The molecule has 2 rings (SSSR count). The Bertz CT molecular complexity index is 581. The molecule has 1 aromatic heterocycles. The molecule has 0 fully saturated rings. The summed E-state index contributed by atoms with van der Waals surface area (Å²) in [5, 5.41) is 3.33. The Morgan fingerprint density at radius 3 is 2.65 bits per heavy atom. The first-order valence-electron chi connectivity index (χ1n) is 6.88. The summed E-state index contributed by atoms with van der Waals surface area (Å²) in [6.45, 7) is 4.28. The third-order valence-corrected chi connectivity index (χ3v) is 3.71. The van der Waals surface area contributed by atoms with Gasteiger partial charge in [-0.05, 0) is 56.1 Å². The average Bonchev–Trinajstić information content (AvgIpc) is 2.48. The lowest BCUT2D eigenvalue weighted by Gasteiger charge is -2.18. The van der Waals surface area contributed by atoms with Crippen LogP contribution in [0.2, 0.25) is 0 Å². The van der Waals surface area contributed by atoms with Crippen LogP contribution < -0.4 is 10.1 Å². The van der Waals surface area contributed by atoms with Crippen LogP contribution in [0.15, 0.2) is 36.5 Å². The molecule has 0 saturated heterocycles. The third-order valence-electron chi connectivity index (χ3n) is 3.71. The van der Waals surface area contributed by atoms with Gasteiger partial charge < -0.3 is 10.1 Å². The molecule has 1 heterocycles. The summed E-state index contributed by atoms with van der Waals surface area (Å²) in [6, 6.07) is 10.6. The summed E-state index contributed by atoms with van der Waals surface area (Å²) in [4.78, 5) is 4.47. The van der Waals surface area contributed by atoms with Crippen LogP contribution >= 0.6 is 0 Å². The van der Waals surface area contributed by atoms with Crippen molar-refractivity contribution in [1.29, 1.82) is 0 Å². The minimum Gasteiger partial charge on any atom is -0.495 e. The Kier molecular flexibility index (Phi) is 4.74. The summed E-state index contributed by atoms with van der Waals surface area (Å²) < 4.78 is 5.41. The SMILES string of the molecule is CNC(Cc1ccc(C)c(C)c1)c1ncccc1OC. The fraction of sp³-hybridized carbons (Fsp3) is 0.353. The number of likely N-dealkylation sites (N-methyl/N-ethyl adjacent to an activating group) is 1. The highest BCUT2D eigenvalue weighted by atomic mass is 16.5. The largest absolute Gasteiger partial charge is 0.495 e. The standard InChI is InChI=1S/C17H22N2O/c1-12-7-8-14(10-13(12)2)11-15(18-3)17-16(20-4)6-5-9-19-17/h5-10,15,18H,11H2,1-4H3. The van der Waals surface area contributed by atoms with Crippen molar-refractivity contribution >= 4 is 0 Å². The molecule has 3 heteroatoms. The highest BCUT2D eigenvalue weighted by Crippen LogP contribution is 2.25. The monoisotopic (exact) mass is 270 g/mol. The first-order chi connectivity index (χ1) is 9.65. The molecule has 0 bridgehead atoms. The Morgan fingerprint density at radius 1 is 1.20 bits per heavy atom. The number of rotatable bonds is 5. The molecule has 0 spiro atoms. The van der Waals surface area contributed by atoms with Gasteiger partial charge >= 0.3 is 0 Å². The van der Waals surface area contributed by atoms with Crippen molar-refractivity contribution in [2.24, 2.45) is 0 Å². The molecule has 2 aromatic rings. The van der Waals surface area contributed by atoms with E-state index in [1.54, 1.807) is 7.11 Å². The van der Waals surface area contributed by atoms with Gasteiger partial charge in [0.1, 0.15) is 5.75 Å². The Labute approximate surface area is 121 Å². The second-order valence-electron chi connectivity index (χ2n) is 5.05. The second kappa shape index (κ2) is 6.53. The van der Waals surface area contributed by atoms with E-state index in [1.165, 1.54) is 16.7 Å². The molecule has 3 nitrogen and oxygen atoms in total. The topological polar surface area (TPSA) is 34.2 Å². The van der Waals surface area contributed by atoms with Crippen LogP contribution in [0.4, 0.5) is 0 Å². The molecule has 0 saturated carbocycles. The van der Waals surface area contributed by atoms with Crippen LogP contribution in [0, 0.1) is 13.8 Å². The zero-order valence-electron chi connectivity index (χ0n) is 12.6. The van der Waals surface area contributed by atoms with Gasteiger partial charge in [0, 0.05) is 6.20 Å². The minimum atomic E-state index is 0.147. The van der Waals surface area contributed by atoms with Gasteiger partial charge in [-0.25, -0.2) is 0 Å². The van der Waals surface area contributed by atoms with Crippen molar-refractivity contribution < 1.29 is 4.74 Å². The van der Waals surface area contributed by atoms with E-state index in [0.29, 0.717) is 0 Å². The van der Waals surface area contributed by atoms with Crippen LogP contribution in [0.3, 0.4) is 0 Å². The number of ether oxygens (including phenoxy) is 1. The number of methoxy groups -OCH3 is 1. The molecular formula is C17H22N2O. The van der Waals surface area contributed by atoms with Crippen LogP contribution in [0.5, 0.6) is 5.75 Å². The number of nitrogens with one attached hydrogen (secondary N) is 1. The zero-order chi connectivity index (χ0) is 14.5. The van der Waals surface area contributed by atoms with Gasteiger partial charge in [0.2, 0.25) is 0 Å². The van der Waals surface area contributed by atoms with Gasteiger partial charge in [-0.15, -0.1) is 0 Å². The van der Waals surface area contributed by atoms with Crippen molar-refractivity contribution in [3.63, 3.8) is 0 Å². The van der Waals surface area contributed by atoms with E-state index in [1.807, 2.05) is 25.4 Å². The van der Waals surface area contributed by atoms with Crippen LogP contribution in [0.1, 0.15) is 28.4 Å². The molecule has 0 radical (unpaired) electrons. The predicted molar refractivity (Wildman–Crippen MR) is 82.2 cm³/mol. The van der Waals surface area contributed by atoms with E-state index in [2.05, 4.69) is 42.3 Å². The second-order valence-corrected chi connectivity index (χ2v) is 5.05. The normalized spacial score (nSPS) is 12.2. The molecule has 20 heavy (non-hydrogen) atoms. The number of aromatic nitrogens is 1. The molecule has 106 valence electrons. The fourth-order valence-electron chi connectivity index (χ4n) is 2.34. The van der Waals surface area contributed by atoms with Crippen molar-refractivity contribution in [2.75, 3.05) is 14.2 Å². The number of aryl methyl sites for hydroxylation is 2. The maximum Gasteiger partial charge on any atom is 0.141 e. The van der Waals surface area contributed by atoms with E-state index in [-0.39, 0.29) is 6.04 Å². The maximum atomic E-state index is 5.41. The summed E-state index contributed by atoms with van der Waals surface area (Å²) in [7, 11) is 3.64. The van der Waals surface area contributed by atoms with Crippen LogP contribution in [-0.4, -0.2) is 19.1 Å². The Balaban J connectivity index is 2.26. The lowest BCUT2D eigenvalue weighted by atomic mass is 9.99. The Morgan fingerprint density at radius 2 is 2.00 bits per heavy atom. The van der Waals surface area contributed by atoms with E-state index in [0.717, 1.165) is 17.9 Å². The molecular weight excluding hydrogens is 248 g/mol. The van der Waals surface area contributed by atoms with E-state index < -0.39 is 0 Å². The number of nitrogens with zero attached hydrogens (tertiary/aromatic N) is 1. The molecule has 1 aromatic carbocycles. The van der Waals surface area contributed by atoms with Crippen molar-refractivity contribution in [2.45, 2.75) is 26.3 Å². The molecule has 0 aliphatic carbocycles. The average molecular weight is 270 g/mol. The van der Waals surface area contributed by atoms with Crippen molar-refractivity contribution in [1.82, 2.24) is 10.3 Å². The number of hydrogen-bond donors (Lipinski definition) is 1. The predicted octanol–water partition coefficient (Wildman–Crippen LogP) is 3.21. The van der Waals surface area contributed by atoms with Gasteiger partial charge in [-0.1, -0.05) is 18.2 Å². The quantitative estimate of drug-likeness (QED) is 0.906. The molecule has 1 N–H and O–H groups in total. The lowest BCUT2D eigenvalue weighted by Crippen LogP contribution is -2.20. The molecule has 1 atom stereocenters. The molecule has 0 aliphatic rings. The molecule has 0 amide bonds. The summed E-state index contributed by atoms with van der Waals surface area (Å²) in [5.74, 6) is 0.829. The van der Waals surface area contributed by atoms with E-state index in [4.69, 9.17) is 4.74 Å². The molecule has 1 unspecified atom stereocenters. The highest BCUT2D eigenvalue weighted by Gasteiger charge is 2.16. The number of pyridine rings is 1. The summed E-state index contributed by atoms with van der Waals surface area (Å²) >= 11 is 0. The van der Waals surface area contributed by atoms with Gasteiger partial charge in [-0.3, -0.25) is 4.98 Å². The third kappa shape index (κ3) is 3.17. The Hall–Kier alpha value is -1.87. The molecule has 0 aliphatic heterocycles. The first kappa shape index (κ1) is 14.5. The van der Waals surface area contributed by atoms with Crippen molar-refractivity contribution in [3.8, 4) is 5.75 Å². The number of hydrogen-bond acceptors (Lipinski definition) is 3. The smallest absolute Gasteiger partial charge is 0.141 e. The van der Waals surface area contributed by atoms with Gasteiger partial charge in [0.25, 0.3) is 0 Å². The summed E-state index contributed by atoms with van der Waals surface area (Å²) in [6.07, 6.45) is 2.70. The van der Waals surface area contributed by atoms with Crippen molar-refractivity contribution in [3.05, 3.63) is 58.9 Å². The van der Waals surface area contributed by atoms with Gasteiger partial charge in [0.05, 0.1) is 18.8 Å².